The maximum Gasteiger partial charge on any atom is 0.307 e. The van der Waals surface area contributed by atoms with Gasteiger partial charge < -0.3 is 14.4 Å². The SMILES string of the molecule is N#Cc1cc(CC(=O)O)ccc1-n1ccc2cc(C(=O)COCc3ccc(Cl)cc3)ccc21. The third-order valence-electron chi connectivity index (χ3n) is 5.22. The van der Waals surface area contributed by atoms with Crippen LogP contribution in [-0.4, -0.2) is 28.0 Å². The normalized spacial score (nSPS) is 10.8. The number of nitriles is 1. The Bertz CT molecular complexity index is 1380. The molecule has 1 N–H and O–H groups in total. The molecule has 0 aliphatic rings. The Morgan fingerprint density at radius 1 is 1.00 bits per heavy atom. The Balaban J connectivity index is 1.51. The molecule has 3 aromatic carbocycles. The lowest BCUT2D eigenvalue weighted by molar-refractivity contribution is -0.136. The number of carbonyl (C=O) groups is 2. The van der Waals surface area contributed by atoms with Gasteiger partial charge in [-0.05, 0) is 59.7 Å². The van der Waals surface area contributed by atoms with Crippen LogP contribution in [0.3, 0.4) is 0 Å². The molecular formula is C26H19ClN2O4. The van der Waals surface area contributed by atoms with Crippen LogP contribution in [0.2, 0.25) is 5.02 Å². The molecule has 0 unspecified atom stereocenters. The van der Waals surface area contributed by atoms with Gasteiger partial charge in [0.05, 0.1) is 29.8 Å². The van der Waals surface area contributed by atoms with Crippen molar-refractivity contribution in [2.24, 2.45) is 0 Å². The fourth-order valence-electron chi connectivity index (χ4n) is 3.62. The number of rotatable bonds is 8. The largest absolute Gasteiger partial charge is 0.481 e. The third-order valence-corrected chi connectivity index (χ3v) is 5.48. The number of ether oxygens (including phenoxy) is 1. The fourth-order valence-corrected chi connectivity index (χ4v) is 3.74. The molecule has 0 aliphatic carbocycles. The lowest BCUT2D eigenvalue weighted by Crippen LogP contribution is -2.09. The van der Waals surface area contributed by atoms with Crippen LogP contribution in [0.4, 0.5) is 0 Å². The summed E-state index contributed by atoms with van der Waals surface area (Å²) in [7, 11) is 0. The number of carboxylic acid groups (broad SMARTS) is 1. The van der Waals surface area contributed by atoms with E-state index in [1.807, 2.05) is 35.0 Å². The van der Waals surface area contributed by atoms with Gasteiger partial charge >= 0.3 is 5.97 Å². The van der Waals surface area contributed by atoms with E-state index in [-0.39, 0.29) is 18.8 Å². The molecule has 0 amide bonds. The lowest BCUT2D eigenvalue weighted by atomic mass is 10.1. The number of aliphatic carboxylic acids is 1. The molecule has 1 heterocycles. The first-order valence-electron chi connectivity index (χ1n) is 10.2. The number of aromatic nitrogens is 1. The van der Waals surface area contributed by atoms with E-state index in [2.05, 4.69) is 6.07 Å². The summed E-state index contributed by atoms with van der Waals surface area (Å²) in [5.74, 6) is -1.08. The molecule has 6 nitrogen and oxygen atoms in total. The van der Waals surface area contributed by atoms with Gasteiger partial charge in [-0.15, -0.1) is 0 Å². The molecule has 4 aromatic rings. The van der Waals surface area contributed by atoms with Gasteiger partial charge in [-0.25, -0.2) is 0 Å². The van der Waals surface area contributed by atoms with Crippen molar-refractivity contribution in [1.29, 1.82) is 5.26 Å². The van der Waals surface area contributed by atoms with Gasteiger partial charge in [-0.1, -0.05) is 29.8 Å². The molecule has 33 heavy (non-hydrogen) atoms. The number of fused-ring (bicyclic) bond motifs is 1. The van der Waals surface area contributed by atoms with E-state index in [4.69, 9.17) is 21.4 Å². The van der Waals surface area contributed by atoms with Gasteiger partial charge in [0.2, 0.25) is 0 Å². The van der Waals surface area contributed by atoms with Crippen molar-refractivity contribution in [1.82, 2.24) is 4.57 Å². The number of carboxylic acids is 1. The number of nitrogens with zero attached hydrogens (tertiary/aromatic N) is 2. The minimum absolute atomic E-state index is 0.0432. The van der Waals surface area contributed by atoms with Crippen molar-refractivity contribution in [2.75, 3.05) is 6.61 Å². The Labute approximate surface area is 195 Å². The second-order valence-corrected chi connectivity index (χ2v) is 7.97. The second-order valence-electron chi connectivity index (χ2n) is 7.54. The molecule has 7 heteroatoms. The number of benzene rings is 3. The molecule has 0 bridgehead atoms. The van der Waals surface area contributed by atoms with Crippen molar-refractivity contribution in [2.45, 2.75) is 13.0 Å². The smallest absolute Gasteiger partial charge is 0.307 e. The molecule has 0 fully saturated rings. The number of halogens is 1. The van der Waals surface area contributed by atoms with Crippen molar-refractivity contribution >= 4 is 34.3 Å². The lowest BCUT2D eigenvalue weighted by Gasteiger charge is -2.10. The van der Waals surface area contributed by atoms with Crippen LogP contribution in [0.5, 0.6) is 0 Å². The van der Waals surface area contributed by atoms with Gasteiger partial charge in [0.1, 0.15) is 12.7 Å². The summed E-state index contributed by atoms with van der Waals surface area (Å²) in [6, 6.07) is 21.6. The Kier molecular flexibility index (Phi) is 6.55. The Morgan fingerprint density at radius 2 is 1.76 bits per heavy atom. The number of ketones is 1. The van der Waals surface area contributed by atoms with Crippen LogP contribution in [0.15, 0.2) is 72.9 Å². The van der Waals surface area contributed by atoms with E-state index in [0.29, 0.717) is 34.0 Å². The average Bonchev–Trinajstić information content (AvgIpc) is 3.23. The van der Waals surface area contributed by atoms with Crippen molar-refractivity contribution in [3.63, 3.8) is 0 Å². The number of hydrogen-bond donors (Lipinski definition) is 1. The molecule has 164 valence electrons. The summed E-state index contributed by atoms with van der Waals surface area (Å²) in [4.78, 5) is 23.6. The molecule has 0 radical (unpaired) electrons. The van der Waals surface area contributed by atoms with Crippen LogP contribution in [0.25, 0.3) is 16.6 Å². The fraction of sp³-hybridized carbons (Fsp3) is 0.115. The molecule has 0 atom stereocenters. The molecule has 0 saturated carbocycles. The summed E-state index contributed by atoms with van der Waals surface area (Å²) in [6.45, 7) is 0.273. The highest BCUT2D eigenvalue weighted by molar-refractivity contribution is 6.30. The van der Waals surface area contributed by atoms with E-state index in [1.165, 1.54) is 0 Å². The van der Waals surface area contributed by atoms with Crippen LogP contribution in [0, 0.1) is 11.3 Å². The highest BCUT2D eigenvalue weighted by atomic mass is 35.5. The topological polar surface area (TPSA) is 92.3 Å². The highest BCUT2D eigenvalue weighted by Gasteiger charge is 2.13. The molecule has 0 saturated heterocycles. The number of hydrogen-bond acceptors (Lipinski definition) is 4. The van der Waals surface area contributed by atoms with Gasteiger partial charge in [-0.3, -0.25) is 9.59 Å². The molecule has 0 aliphatic heterocycles. The molecule has 0 spiro atoms. The molecular weight excluding hydrogens is 440 g/mol. The van der Waals surface area contributed by atoms with E-state index in [9.17, 15) is 14.9 Å². The predicted octanol–water partition coefficient (Wildman–Crippen LogP) is 5.18. The zero-order valence-electron chi connectivity index (χ0n) is 17.5. The van der Waals surface area contributed by atoms with Crippen LogP contribution in [-0.2, 0) is 22.6 Å². The zero-order chi connectivity index (χ0) is 23.4. The number of carbonyl (C=O) groups excluding carboxylic acids is 1. The first-order chi connectivity index (χ1) is 15.9. The van der Waals surface area contributed by atoms with Gasteiger partial charge in [-0.2, -0.15) is 5.26 Å². The third kappa shape index (κ3) is 5.12. The summed E-state index contributed by atoms with van der Waals surface area (Å²) in [5.41, 5.74) is 3.88. The van der Waals surface area contributed by atoms with Crippen molar-refractivity contribution < 1.29 is 19.4 Å². The standard InChI is InChI=1S/C26H19ClN2O4/c27-22-5-1-17(2-6-22)15-33-16-25(30)20-4-8-23-19(13-20)9-10-29(23)24-7-3-18(12-26(31)32)11-21(24)14-28/h1-11,13H,12,15-16H2,(H,31,32). The van der Waals surface area contributed by atoms with Gasteiger partial charge in [0.15, 0.2) is 5.78 Å². The maximum atomic E-state index is 12.6. The quantitative estimate of drug-likeness (QED) is 0.367. The predicted molar refractivity (Wildman–Crippen MR) is 125 cm³/mol. The zero-order valence-corrected chi connectivity index (χ0v) is 18.2. The summed E-state index contributed by atoms with van der Waals surface area (Å²) in [5, 5.41) is 20.0. The van der Waals surface area contributed by atoms with Gasteiger partial charge in [0, 0.05) is 22.2 Å². The minimum Gasteiger partial charge on any atom is -0.481 e. The first-order valence-corrected chi connectivity index (χ1v) is 10.5. The highest BCUT2D eigenvalue weighted by Crippen LogP contribution is 2.25. The first kappa shape index (κ1) is 22.3. The summed E-state index contributed by atoms with van der Waals surface area (Å²) in [6.07, 6.45) is 1.68. The van der Waals surface area contributed by atoms with E-state index in [1.54, 1.807) is 42.5 Å². The van der Waals surface area contributed by atoms with E-state index in [0.717, 1.165) is 16.5 Å². The molecule has 1 aromatic heterocycles. The maximum absolute atomic E-state index is 12.6. The van der Waals surface area contributed by atoms with Crippen LogP contribution in [0.1, 0.15) is 27.0 Å². The summed E-state index contributed by atoms with van der Waals surface area (Å²) >= 11 is 5.87. The van der Waals surface area contributed by atoms with Gasteiger partial charge in [0.25, 0.3) is 0 Å². The van der Waals surface area contributed by atoms with E-state index >= 15 is 0 Å². The Morgan fingerprint density at radius 3 is 2.48 bits per heavy atom. The van der Waals surface area contributed by atoms with E-state index < -0.39 is 5.97 Å². The minimum atomic E-state index is -0.951. The van der Waals surface area contributed by atoms with Crippen LogP contribution >= 0.6 is 11.6 Å². The molecule has 4 rings (SSSR count). The monoisotopic (exact) mass is 458 g/mol. The summed E-state index contributed by atoms with van der Waals surface area (Å²) < 4.78 is 7.41. The van der Waals surface area contributed by atoms with Crippen molar-refractivity contribution in [3.05, 3.63) is 100 Å². The van der Waals surface area contributed by atoms with Crippen LogP contribution < -0.4 is 0 Å². The van der Waals surface area contributed by atoms with Crippen molar-refractivity contribution in [3.8, 4) is 11.8 Å². The Hall–Kier alpha value is -3.92. The second kappa shape index (κ2) is 9.70. The number of Topliss-reactive ketones (excluding diaryl/α,β-unsaturated/α-hetero) is 1. The average molecular weight is 459 g/mol.